The van der Waals surface area contributed by atoms with Gasteiger partial charge in [-0.2, -0.15) is 13.2 Å². The van der Waals surface area contributed by atoms with Gasteiger partial charge in [0.2, 0.25) is 0 Å². The Kier molecular flexibility index (Phi) is 6.44. The lowest BCUT2D eigenvalue weighted by Crippen LogP contribution is -2.31. The van der Waals surface area contributed by atoms with Crippen molar-refractivity contribution in [1.82, 2.24) is 5.32 Å². The molecule has 1 unspecified atom stereocenters. The SMILES string of the molecule is CC(NC(=S)Nc1cccc(C(F)(F)F)c1)c1ccc(N2CCCCC2)cc1. The fourth-order valence-corrected chi connectivity index (χ4v) is 3.64. The van der Waals surface area contributed by atoms with Crippen LogP contribution in [0.2, 0.25) is 0 Å². The number of nitrogens with one attached hydrogen (secondary N) is 2. The summed E-state index contributed by atoms with van der Waals surface area (Å²) in [6.07, 6.45) is -0.619. The predicted octanol–water partition coefficient (Wildman–Crippen LogP) is 5.74. The Bertz CT molecular complexity index is 799. The monoisotopic (exact) mass is 407 g/mol. The van der Waals surface area contributed by atoms with Crippen molar-refractivity contribution in [1.29, 1.82) is 0 Å². The van der Waals surface area contributed by atoms with Gasteiger partial charge in [0, 0.05) is 24.5 Å². The van der Waals surface area contributed by atoms with Gasteiger partial charge in [0.15, 0.2) is 5.11 Å². The predicted molar refractivity (Wildman–Crippen MR) is 112 cm³/mol. The summed E-state index contributed by atoms with van der Waals surface area (Å²) in [7, 11) is 0. The third kappa shape index (κ3) is 5.38. The van der Waals surface area contributed by atoms with Gasteiger partial charge in [-0.1, -0.05) is 18.2 Å². The van der Waals surface area contributed by atoms with Gasteiger partial charge in [-0.25, -0.2) is 0 Å². The quantitative estimate of drug-likeness (QED) is 0.632. The maximum absolute atomic E-state index is 12.8. The van der Waals surface area contributed by atoms with Crippen molar-refractivity contribution < 1.29 is 13.2 Å². The lowest BCUT2D eigenvalue weighted by molar-refractivity contribution is -0.137. The van der Waals surface area contributed by atoms with E-state index in [4.69, 9.17) is 12.2 Å². The molecule has 1 atom stereocenters. The van der Waals surface area contributed by atoms with Gasteiger partial charge in [0.05, 0.1) is 11.6 Å². The molecule has 2 N–H and O–H groups in total. The summed E-state index contributed by atoms with van der Waals surface area (Å²) in [5, 5.41) is 6.24. The van der Waals surface area contributed by atoms with Crippen molar-refractivity contribution in [2.75, 3.05) is 23.3 Å². The summed E-state index contributed by atoms with van der Waals surface area (Å²) in [6, 6.07) is 13.3. The molecule has 0 saturated carbocycles. The van der Waals surface area contributed by atoms with Crippen molar-refractivity contribution in [3.05, 3.63) is 59.7 Å². The number of anilines is 2. The van der Waals surface area contributed by atoms with Crippen LogP contribution in [0.25, 0.3) is 0 Å². The van der Waals surface area contributed by atoms with Crippen LogP contribution in [0.1, 0.15) is 43.4 Å². The summed E-state index contributed by atoms with van der Waals surface area (Å²) in [4.78, 5) is 2.39. The topological polar surface area (TPSA) is 27.3 Å². The molecular formula is C21H24F3N3S. The first kappa shape index (κ1) is 20.5. The molecule has 1 heterocycles. The van der Waals surface area contributed by atoms with Gasteiger partial charge in [-0.15, -0.1) is 0 Å². The second kappa shape index (κ2) is 8.82. The molecule has 2 aromatic carbocycles. The first-order valence-corrected chi connectivity index (χ1v) is 9.83. The third-order valence-electron chi connectivity index (χ3n) is 4.91. The molecular weight excluding hydrogens is 383 g/mol. The molecule has 1 aliphatic heterocycles. The van der Waals surface area contributed by atoms with E-state index in [0.29, 0.717) is 5.69 Å². The highest BCUT2D eigenvalue weighted by atomic mass is 32.1. The molecule has 3 nitrogen and oxygen atoms in total. The van der Waals surface area contributed by atoms with Crippen LogP contribution in [0.5, 0.6) is 0 Å². The number of hydrogen-bond acceptors (Lipinski definition) is 2. The molecule has 1 aliphatic rings. The molecule has 3 rings (SSSR count). The summed E-state index contributed by atoms with van der Waals surface area (Å²) in [6.45, 7) is 4.16. The minimum Gasteiger partial charge on any atom is -0.372 e. The van der Waals surface area contributed by atoms with Crippen molar-refractivity contribution >= 4 is 28.7 Å². The summed E-state index contributed by atoms with van der Waals surface area (Å²) < 4.78 is 38.5. The Morgan fingerprint density at radius 1 is 1.04 bits per heavy atom. The van der Waals surface area contributed by atoms with E-state index in [1.807, 2.05) is 6.92 Å². The van der Waals surface area contributed by atoms with E-state index in [1.165, 1.54) is 31.0 Å². The number of benzene rings is 2. The Hall–Kier alpha value is -2.28. The zero-order chi connectivity index (χ0) is 20.1. The Labute approximate surface area is 168 Å². The van der Waals surface area contributed by atoms with Gasteiger partial charge < -0.3 is 15.5 Å². The van der Waals surface area contributed by atoms with E-state index in [1.54, 1.807) is 6.07 Å². The van der Waals surface area contributed by atoms with Crippen LogP contribution in [0.3, 0.4) is 0 Å². The van der Waals surface area contributed by atoms with Crippen molar-refractivity contribution in [3.63, 3.8) is 0 Å². The molecule has 0 bridgehead atoms. The van der Waals surface area contributed by atoms with Crippen LogP contribution in [-0.2, 0) is 6.18 Å². The maximum Gasteiger partial charge on any atom is 0.416 e. The second-order valence-electron chi connectivity index (χ2n) is 7.04. The molecule has 0 aliphatic carbocycles. The summed E-state index contributed by atoms with van der Waals surface area (Å²) in [5.74, 6) is 0. The van der Waals surface area contributed by atoms with Gasteiger partial charge in [-0.3, -0.25) is 0 Å². The van der Waals surface area contributed by atoms with E-state index >= 15 is 0 Å². The lowest BCUT2D eigenvalue weighted by atomic mass is 10.1. The number of thiocarbonyl (C=S) groups is 1. The van der Waals surface area contributed by atoms with E-state index < -0.39 is 11.7 Å². The fraction of sp³-hybridized carbons (Fsp3) is 0.381. The lowest BCUT2D eigenvalue weighted by Gasteiger charge is -2.29. The fourth-order valence-electron chi connectivity index (χ4n) is 3.35. The average molecular weight is 408 g/mol. The highest BCUT2D eigenvalue weighted by Gasteiger charge is 2.30. The van der Waals surface area contributed by atoms with Gasteiger partial charge in [-0.05, 0) is 74.3 Å². The van der Waals surface area contributed by atoms with Crippen LogP contribution >= 0.6 is 12.2 Å². The number of alkyl halides is 3. The zero-order valence-electron chi connectivity index (χ0n) is 15.7. The van der Waals surface area contributed by atoms with Gasteiger partial charge in [0.1, 0.15) is 0 Å². The third-order valence-corrected chi connectivity index (χ3v) is 5.13. The normalized spacial score (nSPS) is 15.8. The van der Waals surface area contributed by atoms with Crippen LogP contribution in [0.4, 0.5) is 24.5 Å². The van der Waals surface area contributed by atoms with Gasteiger partial charge >= 0.3 is 6.18 Å². The highest BCUT2D eigenvalue weighted by Crippen LogP contribution is 2.30. The van der Waals surface area contributed by atoms with Crippen molar-refractivity contribution in [2.45, 2.75) is 38.4 Å². The summed E-state index contributed by atoms with van der Waals surface area (Å²) >= 11 is 5.27. The van der Waals surface area contributed by atoms with E-state index in [0.717, 1.165) is 30.8 Å². The average Bonchev–Trinajstić information content (AvgIpc) is 2.68. The molecule has 1 saturated heterocycles. The molecule has 0 radical (unpaired) electrons. The van der Waals surface area contributed by atoms with Crippen LogP contribution in [0.15, 0.2) is 48.5 Å². The number of nitrogens with zero attached hydrogens (tertiary/aromatic N) is 1. The highest BCUT2D eigenvalue weighted by molar-refractivity contribution is 7.80. The first-order valence-electron chi connectivity index (χ1n) is 9.42. The van der Waals surface area contributed by atoms with Crippen LogP contribution < -0.4 is 15.5 Å². The molecule has 28 heavy (non-hydrogen) atoms. The Morgan fingerprint density at radius 3 is 2.36 bits per heavy atom. The molecule has 0 spiro atoms. The molecule has 1 fully saturated rings. The Balaban J connectivity index is 1.58. The van der Waals surface area contributed by atoms with Gasteiger partial charge in [0.25, 0.3) is 0 Å². The van der Waals surface area contributed by atoms with E-state index in [-0.39, 0.29) is 11.2 Å². The number of hydrogen-bond donors (Lipinski definition) is 2. The number of piperidine rings is 1. The van der Waals surface area contributed by atoms with Crippen LogP contribution in [0, 0.1) is 0 Å². The smallest absolute Gasteiger partial charge is 0.372 e. The standard InChI is InChI=1S/C21H24F3N3S/c1-15(16-8-10-19(11-9-16)27-12-3-2-4-13-27)25-20(28)26-18-7-5-6-17(14-18)21(22,23)24/h5-11,14-15H,2-4,12-13H2,1H3,(H2,25,26,28). The number of halogens is 3. The second-order valence-corrected chi connectivity index (χ2v) is 7.45. The maximum atomic E-state index is 12.8. The zero-order valence-corrected chi connectivity index (χ0v) is 16.5. The minimum absolute atomic E-state index is 0.0683. The molecule has 150 valence electrons. The molecule has 2 aromatic rings. The van der Waals surface area contributed by atoms with Crippen molar-refractivity contribution in [2.24, 2.45) is 0 Å². The molecule has 0 amide bonds. The largest absolute Gasteiger partial charge is 0.416 e. The van der Waals surface area contributed by atoms with E-state index in [9.17, 15) is 13.2 Å². The molecule has 7 heteroatoms. The van der Waals surface area contributed by atoms with E-state index in [2.05, 4.69) is 39.8 Å². The minimum atomic E-state index is -4.38. The van der Waals surface area contributed by atoms with Crippen molar-refractivity contribution in [3.8, 4) is 0 Å². The van der Waals surface area contributed by atoms with Crippen LogP contribution in [-0.4, -0.2) is 18.2 Å². The first-order chi connectivity index (χ1) is 13.3. The number of rotatable bonds is 4. The molecule has 0 aromatic heterocycles. The summed E-state index contributed by atoms with van der Waals surface area (Å²) in [5.41, 5.74) is 1.89. The Morgan fingerprint density at radius 2 is 1.71 bits per heavy atom.